The third-order valence-electron chi connectivity index (χ3n) is 4.79. The van der Waals surface area contributed by atoms with Crippen LogP contribution < -0.4 is 5.32 Å². The van der Waals surface area contributed by atoms with Crippen LogP contribution in [0.25, 0.3) is 0 Å². The van der Waals surface area contributed by atoms with Crippen LogP contribution in [0.1, 0.15) is 31.2 Å². The highest BCUT2D eigenvalue weighted by molar-refractivity contribution is 5.33. The quantitative estimate of drug-likeness (QED) is 0.797. The first kappa shape index (κ1) is 13.1. The fourth-order valence-corrected chi connectivity index (χ4v) is 3.65. The van der Waals surface area contributed by atoms with E-state index in [1.807, 2.05) is 12.1 Å². The zero-order valence-electron chi connectivity index (χ0n) is 11.5. The van der Waals surface area contributed by atoms with E-state index in [0.29, 0.717) is 5.41 Å². The molecule has 0 amide bonds. The van der Waals surface area contributed by atoms with Crippen molar-refractivity contribution in [2.45, 2.75) is 31.1 Å². The summed E-state index contributed by atoms with van der Waals surface area (Å²) in [6.07, 6.45) is 5.28. The molecular formula is C16H22FNO. The lowest BCUT2D eigenvalue weighted by molar-refractivity contribution is 0.112. The van der Waals surface area contributed by atoms with Gasteiger partial charge in [-0.2, -0.15) is 0 Å². The Balaban J connectivity index is 1.68. The first-order chi connectivity index (χ1) is 9.18. The van der Waals surface area contributed by atoms with Crippen molar-refractivity contribution < 1.29 is 9.13 Å². The fraction of sp³-hybridized carbons (Fsp3) is 0.625. The van der Waals surface area contributed by atoms with Gasteiger partial charge in [-0.25, -0.2) is 4.39 Å². The maximum absolute atomic E-state index is 13.1. The van der Waals surface area contributed by atoms with Crippen molar-refractivity contribution in [3.05, 3.63) is 35.6 Å². The van der Waals surface area contributed by atoms with Gasteiger partial charge in [-0.05, 0) is 48.8 Å². The smallest absolute Gasteiger partial charge is 0.123 e. The van der Waals surface area contributed by atoms with E-state index in [-0.39, 0.29) is 11.2 Å². The molecule has 0 unspecified atom stereocenters. The molecule has 2 saturated carbocycles. The van der Waals surface area contributed by atoms with Crippen LogP contribution in [0.3, 0.4) is 0 Å². The summed E-state index contributed by atoms with van der Waals surface area (Å²) in [5.41, 5.74) is 2.14. The number of hydrogen-bond donors (Lipinski definition) is 1. The SMILES string of the molecule is COCCNCC1(c2ccc(F)cc2)CC2(CC2)C1. The summed E-state index contributed by atoms with van der Waals surface area (Å²) in [7, 11) is 1.72. The minimum absolute atomic E-state index is 0.147. The summed E-state index contributed by atoms with van der Waals surface area (Å²) in [6, 6.07) is 7.10. The predicted octanol–water partition coefficient (Wildman–Crippen LogP) is 2.87. The Morgan fingerprint density at radius 1 is 1.21 bits per heavy atom. The van der Waals surface area contributed by atoms with E-state index in [4.69, 9.17) is 4.74 Å². The minimum atomic E-state index is -0.147. The molecule has 0 heterocycles. The van der Waals surface area contributed by atoms with E-state index in [1.165, 1.54) is 31.2 Å². The van der Waals surface area contributed by atoms with Crippen molar-refractivity contribution >= 4 is 0 Å². The van der Waals surface area contributed by atoms with Gasteiger partial charge < -0.3 is 10.1 Å². The number of rotatable bonds is 6. The Hall–Kier alpha value is -0.930. The van der Waals surface area contributed by atoms with Crippen molar-refractivity contribution in [2.24, 2.45) is 5.41 Å². The van der Waals surface area contributed by atoms with Crippen LogP contribution >= 0.6 is 0 Å². The second-order valence-corrected chi connectivity index (χ2v) is 6.31. The highest BCUT2D eigenvalue weighted by Crippen LogP contribution is 2.68. The average Bonchev–Trinajstić information content (AvgIpc) is 3.14. The molecule has 19 heavy (non-hydrogen) atoms. The van der Waals surface area contributed by atoms with Gasteiger partial charge in [0, 0.05) is 25.6 Å². The first-order valence-corrected chi connectivity index (χ1v) is 7.14. The Labute approximate surface area is 114 Å². The van der Waals surface area contributed by atoms with Gasteiger partial charge in [-0.15, -0.1) is 0 Å². The maximum atomic E-state index is 13.1. The highest BCUT2D eigenvalue weighted by atomic mass is 19.1. The number of ether oxygens (including phenoxy) is 1. The van der Waals surface area contributed by atoms with Crippen LogP contribution in [0, 0.1) is 11.2 Å². The lowest BCUT2D eigenvalue weighted by Gasteiger charge is -2.49. The molecule has 0 radical (unpaired) electrons. The molecule has 3 rings (SSSR count). The van der Waals surface area contributed by atoms with Crippen LogP contribution in [-0.4, -0.2) is 26.8 Å². The Bertz CT molecular complexity index is 431. The molecule has 1 aromatic carbocycles. The molecule has 3 heteroatoms. The summed E-state index contributed by atoms with van der Waals surface area (Å²) in [5, 5.41) is 3.49. The fourth-order valence-electron chi connectivity index (χ4n) is 3.65. The zero-order chi connectivity index (χ0) is 13.3. The summed E-state index contributed by atoms with van der Waals surface area (Å²) in [5.74, 6) is -0.147. The van der Waals surface area contributed by atoms with Gasteiger partial charge >= 0.3 is 0 Å². The van der Waals surface area contributed by atoms with Crippen molar-refractivity contribution in [1.82, 2.24) is 5.32 Å². The largest absolute Gasteiger partial charge is 0.383 e. The molecule has 0 aliphatic heterocycles. The van der Waals surface area contributed by atoms with E-state index >= 15 is 0 Å². The summed E-state index contributed by atoms with van der Waals surface area (Å²) < 4.78 is 18.2. The topological polar surface area (TPSA) is 21.3 Å². The molecule has 0 atom stereocenters. The van der Waals surface area contributed by atoms with Gasteiger partial charge in [-0.3, -0.25) is 0 Å². The van der Waals surface area contributed by atoms with Crippen molar-refractivity contribution in [3.63, 3.8) is 0 Å². The van der Waals surface area contributed by atoms with Crippen LogP contribution in [0.5, 0.6) is 0 Å². The van der Waals surface area contributed by atoms with Gasteiger partial charge in [0.25, 0.3) is 0 Å². The summed E-state index contributed by atoms with van der Waals surface area (Å²) >= 11 is 0. The van der Waals surface area contributed by atoms with Crippen molar-refractivity contribution in [1.29, 1.82) is 0 Å². The number of methoxy groups -OCH3 is 1. The highest BCUT2D eigenvalue weighted by Gasteiger charge is 2.60. The van der Waals surface area contributed by atoms with Crippen LogP contribution in [-0.2, 0) is 10.2 Å². The number of hydrogen-bond acceptors (Lipinski definition) is 2. The van der Waals surface area contributed by atoms with Gasteiger partial charge in [-0.1, -0.05) is 12.1 Å². The normalized spacial score (nSPS) is 22.2. The lowest BCUT2D eigenvalue weighted by atomic mass is 9.56. The average molecular weight is 263 g/mol. The molecule has 104 valence electrons. The molecular weight excluding hydrogens is 241 g/mol. The lowest BCUT2D eigenvalue weighted by Crippen LogP contribution is -2.50. The minimum Gasteiger partial charge on any atom is -0.383 e. The van der Waals surface area contributed by atoms with Gasteiger partial charge in [0.2, 0.25) is 0 Å². The Morgan fingerprint density at radius 3 is 2.47 bits per heavy atom. The summed E-state index contributed by atoms with van der Waals surface area (Å²) in [6.45, 7) is 2.60. The Kier molecular flexibility index (Phi) is 3.35. The maximum Gasteiger partial charge on any atom is 0.123 e. The predicted molar refractivity (Wildman–Crippen MR) is 73.7 cm³/mol. The van der Waals surface area contributed by atoms with E-state index in [0.717, 1.165) is 19.7 Å². The van der Waals surface area contributed by atoms with Crippen molar-refractivity contribution in [2.75, 3.05) is 26.8 Å². The van der Waals surface area contributed by atoms with Crippen LogP contribution in [0.2, 0.25) is 0 Å². The van der Waals surface area contributed by atoms with E-state index in [2.05, 4.69) is 5.32 Å². The Morgan fingerprint density at radius 2 is 1.89 bits per heavy atom. The first-order valence-electron chi connectivity index (χ1n) is 7.14. The monoisotopic (exact) mass is 263 g/mol. The number of nitrogens with one attached hydrogen (secondary N) is 1. The number of halogens is 1. The molecule has 0 saturated heterocycles. The van der Waals surface area contributed by atoms with E-state index in [1.54, 1.807) is 19.2 Å². The third-order valence-corrected chi connectivity index (χ3v) is 4.79. The molecule has 1 N–H and O–H groups in total. The standard InChI is InChI=1S/C16H22FNO/c1-19-9-8-18-12-16(10-15(11-16)6-7-15)13-2-4-14(17)5-3-13/h2-5,18H,6-12H2,1H3. The van der Waals surface area contributed by atoms with E-state index < -0.39 is 0 Å². The number of benzene rings is 1. The van der Waals surface area contributed by atoms with E-state index in [9.17, 15) is 4.39 Å². The van der Waals surface area contributed by atoms with Crippen LogP contribution in [0.15, 0.2) is 24.3 Å². The molecule has 1 aromatic rings. The van der Waals surface area contributed by atoms with Gasteiger partial charge in [0.1, 0.15) is 5.82 Å². The second kappa shape index (κ2) is 4.88. The molecule has 0 bridgehead atoms. The molecule has 2 nitrogen and oxygen atoms in total. The summed E-state index contributed by atoms with van der Waals surface area (Å²) in [4.78, 5) is 0. The molecule has 2 aliphatic carbocycles. The molecule has 0 aromatic heterocycles. The zero-order valence-corrected chi connectivity index (χ0v) is 11.5. The third kappa shape index (κ3) is 2.54. The molecule has 2 aliphatic rings. The molecule has 2 fully saturated rings. The van der Waals surface area contributed by atoms with Crippen LogP contribution in [0.4, 0.5) is 4.39 Å². The van der Waals surface area contributed by atoms with Gasteiger partial charge in [0.15, 0.2) is 0 Å². The molecule has 1 spiro atoms. The van der Waals surface area contributed by atoms with Gasteiger partial charge in [0.05, 0.1) is 6.61 Å². The second-order valence-electron chi connectivity index (χ2n) is 6.31. The van der Waals surface area contributed by atoms with Crippen molar-refractivity contribution in [3.8, 4) is 0 Å².